The summed E-state index contributed by atoms with van der Waals surface area (Å²) in [7, 11) is 1.70. The highest BCUT2D eigenvalue weighted by Crippen LogP contribution is 2.41. The van der Waals surface area contributed by atoms with E-state index < -0.39 is 0 Å². The highest BCUT2D eigenvalue weighted by molar-refractivity contribution is 5.51. The van der Waals surface area contributed by atoms with Crippen molar-refractivity contribution in [3.05, 3.63) is 47.6 Å². The summed E-state index contributed by atoms with van der Waals surface area (Å²) in [5, 5.41) is 0. The van der Waals surface area contributed by atoms with Crippen LogP contribution in [0.4, 0.5) is 0 Å². The number of hydrogen-bond acceptors (Lipinski definition) is 1. The highest BCUT2D eigenvalue weighted by atomic mass is 16.5. The van der Waals surface area contributed by atoms with E-state index in [2.05, 4.69) is 51.1 Å². The lowest BCUT2D eigenvalue weighted by atomic mass is 9.68. The van der Waals surface area contributed by atoms with Crippen LogP contribution >= 0.6 is 0 Å². The first-order chi connectivity index (χ1) is 9.03. The van der Waals surface area contributed by atoms with E-state index in [-0.39, 0.29) is 0 Å². The molecule has 1 unspecified atom stereocenters. The molecule has 0 spiro atoms. The van der Waals surface area contributed by atoms with E-state index in [0.29, 0.717) is 11.3 Å². The number of rotatable bonds is 3. The molecule has 0 saturated carbocycles. The van der Waals surface area contributed by atoms with Gasteiger partial charge in [0, 0.05) is 5.92 Å². The van der Waals surface area contributed by atoms with E-state index in [1.807, 2.05) is 12.1 Å². The highest BCUT2D eigenvalue weighted by Gasteiger charge is 2.30. The van der Waals surface area contributed by atoms with Gasteiger partial charge in [0.15, 0.2) is 0 Å². The summed E-state index contributed by atoms with van der Waals surface area (Å²) in [6.45, 7) is 6.99. The van der Waals surface area contributed by atoms with Crippen LogP contribution in [0.5, 0.6) is 5.75 Å². The third kappa shape index (κ3) is 3.28. The van der Waals surface area contributed by atoms with Gasteiger partial charge in [0.1, 0.15) is 5.75 Å². The Morgan fingerprint density at radius 1 is 1.21 bits per heavy atom. The number of benzene rings is 1. The van der Waals surface area contributed by atoms with Gasteiger partial charge in [-0.2, -0.15) is 0 Å². The van der Waals surface area contributed by atoms with Crippen LogP contribution in [0.25, 0.3) is 6.08 Å². The summed E-state index contributed by atoms with van der Waals surface area (Å²) in [6, 6.07) is 8.22. The zero-order chi connectivity index (χ0) is 13.9. The number of allylic oxidation sites excluding steroid dienone is 3. The summed E-state index contributed by atoms with van der Waals surface area (Å²) >= 11 is 0. The van der Waals surface area contributed by atoms with Gasteiger partial charge in [0.25, 0.3) is 0 Å². The van der Waals surface area contributed by atoms with Gasteiger partial charge in [-0.25, -0.2) is 0 Å². The second-order valence-electron chi connectivity index (χ2n) is 6.09. The zero-order valence-electron chi connectivity index (χ0n) is 12.4. The van der Waals surface area contributed by atoms with Gasteiger partial charge in [-0.05, 0) is 42.9 Å². The summed E-state index contributed by atoms with van der Waals surface area (Å²) in [5.41, 5.74) is 3.10. The Labute approximate surface area is 117 Å². The van der Waals surface area contributed by atoms with E-state index in [9.17, 15) is 0 Å². The van der Waals surface area contributed by atoms with Gasteiger partial charge in [-0.15, -0.1) is 0 Å². The van der Waals surface area contributed by atoms with Crippen LogP contribution in [0.3, 0.4) is 0 Å². The van der Waals surface area contributed by atoms with Crippen molar-refractivity contribution in [1.82, 2.24) is 0 Å². The fourth-order valence-corrected chi connectivity index (χ4v) is 2.91. The normalized spacial score (nSPS) is 22.3. The van der Waals surface area contributed by atoms with Gasteiger partial charge in [0.05, 0.1) is 7.11 Å². The average molecular weight is 256 g/mol. The van der Waals surface area contributed by atoms with Crippen molar-refractivity contribution in [2.45, 2.75) is 33.6 Å². The molecule has 0 radical (unpaired) electrons. The van der Waals surface area contributed by atoms with E-state index in [0.717, 1.165) is 5.75 Å². The molecule has 19 heavy (non-hydrogen) atoms. The summed E-state index contributed by atoms with van der Waals surface area (Å²) in [4.78, 5) is 0. The van der Waals surface area contributed by atoms with Crippen molar-refractivity contribution in [2.24, 2.45) is 11.3 Å². The van der Waals surface area contributed by atoms with Crippen LogP contribution in [0.1, 0.15) is 39.2 Å². The Balaban J connectivity index is 2.16. The summed E-state index contributed by atoms with van der Waals surface area (Å²) in [6.07, 6.45) is 9.45. The van der Waals surface area contributed by atoms with Crippen LogP contribution in [0.15, 0.2) is 42.0 Å². The van der Waals surface area contributed by atoms with Crippen molar-refractivity contribution in [1.29, 1.82) is 0 Å². The van der Waals surface area contributed by atoms with Crippen molar-refractivity contribution < 1.29 is 4.74 Å². The van der Waals surface area contributed by atoms with E-state index in [1.54, 1.807) is 7.11 Å². The molecule has 2 rings (SSSR count). The first-order valence-corrected chi connectivity index (χ1v) is 7.02. The molecule has 1 aromatic carbocycles. The molecule has 1 aliphatic rings. The van der Waals surface area contributed by atoms with Crippen molar-refractivity contribution in [3.8, 4) is 5.75 Å². The predicted octanol–water partition coefficient (Wildman–Crippen LogP) is 5.09. The number of hydrogen-bond donors (Lipinski definition) is 0. The van der Waals surface area contributed by atoms with Crippen LogP contribution in [0, 0.1) is 11.3 Å². The average Bonchev–Trinajstić information content (AvgIpc) is 2.38. The summed E-state index contributed by atoms with van der Waals surface area (Å²) < 4.78 is 5.18. The second kappa shape index (κ2) is 5.64. The molecule has 1 nitrogen and oxygen atoms in total. The lowest BCUT2D eigenvalue weighted by Gasteiger charge is -2.36. The molecule has 0 amide bonds. The molecule has 0 aromatic heterocycles. The molecule has 102 valence electrons. The summed E-state index contributed by atoms with van der Waals surface area (Å²) in [5.74, 6) is 1.45. The molecule has 0 fully saturated rings. The SMILES string of the molecule is COc1ccc(/C=C/C2C(C)=CCCC2(C)C)cc1. The van der Waals surface area contributed by atoms with Gasteiger partial charge in [-0.3, -0.25) is 0 Å². The lowest BCUT2D eigenvalue weighted by molar-refractivity contribution is 0.256. The zero-order valence-corrected chi connectivity index (χ0v) is 12.4. The molecule has 1 heteroatoms. The lowest BCUT2D eigenvalue weighted by Crippen LogP contribution is -2.26. The largest absolute Gasteiger partial charge is 0.497 e. The van der Waals surface area contributed by atoms with Gasteiger partial charge >= 0.3 is 0 Å². The van der Waals surface area contributed by atoms with Gasteiger partial charge < -0.3 is 4.74 Å². The van der Waals surface area contributed by atoms with Crippen LogP contribution in [-0.4, -0.2) is 7.11 Å². The Kier molecular flexibility index (Phi) is 4.14. The minimum absolute atomic E-state index is 0.363. The topological polar surface area (TPSA) is 9.23 Å². The molecule has 0 heterocycles. The molecule has 1 aromatic rings. The minimum Gasteiger partial charge on any atom is -0.497 e. The predicted molar refractivity (Wildman–Crippen MR) is 82.3 cm³/mol. The molecule has 0 saturated heterocycles. The maximum atomic E-state index is 5.18. The molecular formula is C18H24O. The standard InChI is InChI=1S/C18H24O/c1-14-6-5-13-18(2,3)17(14)12-9-15-7-10-16(19-4)11-8-15/h6-12,17H,5,13H2,1-4H3/b12-9+. The maximum Gasteiger partial charge on any atom is 0.118 e. The Morgan fingerprint density at radius 2 is 1.89 bits per heavy atom. The third-order valence-corrected chi connectivity index (χ3v) is 4.18. The van der Waals surface area contributed by atoms with Crippen LogP contribution in [-0.2, 0) is 0 Å². The second-order valence-corrected chi connectivity index (χ2v) is 6.09. The van der Waals surface area contributed by atoms with Gasteiger partial charge in [-0.1, -0.05) is 49.8 Å². The minimum atomic E-state index is 0.363. The van der Waals surface area contributed by atoms with Crippen LogP contribution < -0.4 is 4.74 Å². The smallest absolute Gasteiger partial charge is 0.118 e. The fraction of sp³-hybridized carbons (Fsp3) is 0.444. The van der Waals surface area contributed by atoms with E-state index in [4.69, 9.17) is 4.74 Å². The molecular weight excluding hydrogens is 232 g/mol. The first kappa shape index (κ1) is 13.9. The molecule has 0 bridgehead atoms. The first-order valence-electron chi connectivity index (χ1n) is 7.02. The van der Waals surface area contributed by atoms with Crippen LogP contribution in [0.2, 0.25) is 0 Å². The number of ether oxygens (including phenoxy) is 1. The molecule has 1 aliphatic carbocycles. The molecule has 1 atom stereocenters. The molecule has 0 N–H and O–H groups in total. The van der Waals surface area contributed by atoms with Crippen molar-refractivity contribution in [3.63, 3.8) is 0 Å². The Morgan fingerprint density at radius 3 is 2.47 bits per heavy atom. The fourth-order valence-electron chi connectivity index (χ4n) is 2.91. The van der Waals surface area contributed by atoms with Crippen molar-refractivity contribution in [2.75, 3.05) is 7.11 Å². The quantitative estimate of drug-likeness (QED) is 0.684. The third-order valence-electron chi connectivity index (χ3n) is 4.18. The maximum absolute atomic E-state index is 5.18. The van der Waals surface area contributed by atoms with Crippen molar-refractivity contribution >= 4 is 6.08 Å². The van der Waals surface area contributed by atoms with E-state index in [1.165, 1.54) is 24.0 Å². The molecule has 0 aliphatic heterocycles. The van der Waals surface area contributed by atoms with E-state index >= 15 is 0 Å². The van der Waals surface area contributed by atoms with Gasteiger partial charge in [0.2, 0.25) is 0 Å². The Hall–Kier alpha value is -1.50. The Bertz CT molecular complexity index is 477. The monoisotopic (exact) mass is 256 g/mol. The number of methoxy groups -OCH3 is 1.